The average molecular weight is 323 g/mol. The Balaban J connectivity index is 1.75. The molecule has 3 nitrogen and oxygen atoms in total. The molecular formula is C21H25NO2. The second-order valence-corrected chi connectivity index (χ2v) is 6.74. The molecule has 0 saturated heterocycles. The molecule has 2 aromatic carbocycles. The molecule has 24 heavy (non-hydrogen) atoms. The van der Waals surface area contributed by atoms with Crippen LogP contribution >= 0.6 is 0 Å². The fourth-order valence-corrected chi connectivity index (χ4v) is 3.01. The predicted molar refractivity (Wildman–Crippen MR) is 96.8 cm³/mol. The summed E-state index contributed by atoms with van der Waals surface area (Å²) in [6.45, 7) is 1.54. The summed E-state index contributed by atoms with van der Waals surface area (Å²) < 4.78 is 5.73. The number of carbonyl (C=O) groups excluding carboxylic acids is 1. The number of benzene rings is 2. The van der Waals surface area contributed by atoms with Crippen LogP contribution < -0.4 is 4.74 Å². The van der Waals surface area contributed by atoms with E-state index in [1.807, 2.05) is 44.4 Å². The van der Waals surface area contributed by atoms with Crippen LogP contribution in [-0.4, -0.2) is 38.4 Å². The maximum absolute atomic E-state index is 11.8. The first-order valence-electron chi connectivity index (χ1n) is 8.60. The Hall–Kier alpha value is -2.13. The second kappa shape index (κ2) is 7.63. The standard InChI is InChI=1S/C21H25NO2/c1-22(2)13-14-24-18-11-9-17(10-12-18)21(15-23)20-6-4-3-5-19(20)16-7-8-16/h3-6,9-12,15-16,21H,7-8,13-14H2,1-2H3/t21-/m0/s1. The van der Waals surface area contributed by atoms with Crippen LogP contribution in [0.25, 0.3) is 0 Å². The first-order valence-corrected chi connectivity index (χ1v) is 8.60. The topological polar surface area (TPSA) is 29.5 Å². The first kappa shape index (κ1) is 16.7. The maximum atomic E-state index is 11.8. The first-order chi connectivity index (χ1) is 11.7. The SMILES string of the molecule is CN(C)CCOc1ccc([C@H](C=O)c2ccccc2C2CC2)cc1. The van der Waals surface area contributed by atoms with Gasteiger partial charge in [0.1, 0.15) is 18.6 Å². The minimum Gasteiger partial charge on any atom is -0.492 e. The summed E-state index contributed by atoms with van der Waals surface area (Å²) >= 11 is 0. The molecule has 0 spiro atoms. The molecule has 3 rings (SSSR count). The van der Waals surface area contributed by atoms with Gasteiger partial charge in [0.2, 0.25) is 0 Å². The Kier molecular flexibility index (Phi) is 5.31. The van der Waals surface area contributed by atoms with E-state index >= 15 is 0 Å². The van der Waals surface area contributed by atoms with E-state index in [-0.39, 0.29) is 5.92 Å². The number of carbonyl (C=O) groups is 1. The van der Waals surface area contributed by atoms with Crippen molar-refractivity contribution >= 4 is 6.29 Å². The molecule has 1 saturated carbocycles. The summed E-state index contributed by atoms with van der Waals surface area (Å²) in [7, 11) is 4.05. The van der Waals surface area contributed by atoms with Crippen LogP contribution in [-0.2, 0) is 4.79 Å². The Labute approximate surface area is 144 Å². The van der Waals surface area contributed by atoms with Gasteiger partial charge in [0, 0.05) is 6.54 Å². The van der Waals surface area contributed by atoms with Gasteiger partial charge in [0.05, 0.1) is 5.92 Å². The molecule has 0 aliphatic heterocycles. The fraction of sp³-hybridized carbons (Fsp3) is 0.381. The highest BCUT2D eigenvalue weighted by atomic mass is 16.5. The molecule has 1 aliphatic rings. The summed E-state index contributed by atoms with van der Waals surface area (Å²) in [6.07, 6.45) is 3.53. The van der Waals surface area contributed by atoms with Gasteiger partial charge in [0.15, 0.2) is 0 Å². The van der Waals surface area contributed by atoms with Crippen LogP contribution in [0.5, 0.6) is 5.75 Å². The lowest BCUT2D eigenvalue weighted by Crippen LogP contribution is -2.19. The van der Waals surface area contributed by atoms with Gasteiger partial charge in [-0.05, 0) is 61.7 Å². The van der Waals surface area contributed by atoms with Gasteiger partial charge in [-0.2, -0.15) is 0 Å². The third kappa shape index (κ3) is 4.04. The smallest absolute Gasteiger partial charge is 0.131 e. The number of hydrogen-bond donors (Lipinski definition) is 0. The molecule has 0 radical (unpaired) electrons. The van der Waals surface area contributed by atoms with Crippen molar-refractivity contribution in [1.29, 1.82) is 0 Å². The maximum Gasteiger partial charge on any atom is 0.131 e. The van der Waals surface area contributed by atoms with Crippen LogP contribution in [0.1, 0.15) is 41.4 Å². The lowest BCUT2D eigenvalue weighted by Gasteiger charge is -2.16. The van der Waals surface area contributed by atoms with Crippen molar-refractivity contribution in [3.05, 3.63) is 65.2 Å². The van der Waals surface area contributed by atoms with Crippen LogP contribution in [0, 0.1) is 0 Å². The molecule has 0 amide bonds. The zero-order chi connectivity index (χ0) is 16.9. The van der Waals surface area contributed by atoms with Crippen molar-refractivity contribution in [2.75, 3.05) is 27.2 Å². The van der Waals surface area contributed by atoms with Crippen molar-refractivity contribution in [2.45, 2.75) is 24.7 Å². The Morgan fingerprint density at radius 2 is 1.83 bits per heavy atom. The van der Waals surface area contributed by atoms with E-state index in [1.54, 1.807) is 0 Å². The average Bonchev–Trinajstić information content (AvgIpc) is 3.42. The highest BCUT2D eigenvalue weighted by Crippen LogP contribution is 2.43. The minimum absolute atomic E-state index is 0.197. The van der Waals surface area contributed by atoms with Crippen molar-refractivity contribution in [3.63, 3.8) is 0 Å². The van der Waals surface area contributed by atoms with Gasteiger partial charge < -0.3 is 14.4 Å². The van der Waals surface area contributed by atoms with Crippen LogP contribution in [0.3, 0.4) is 0 Å². The molecule has 0 N–H and O–H groups in total. The molecule has 1 fully saturated rings. The molecule has 2 aromatic rings. The van der Waals surface area contributed by atoms with Crippen molar-refractivity contribution in [1.82, 2.24) is 4.90 Å². The normalized spacial score (nSPS) is 15.3. The van der Waals surface area contributed by atoms with Crippen molar-refractivity contribution in [2.24, 2.45) is 0 Å². The number of nitrogens with zero attached hydrogens (tertiary/aromatic N) is 1. The lowest BCUT2D eigenvalue weighted by atomic mass is 9.87. The van der Waals surface area contributed by atoms with E-state index in [0.29, 0.717) is 12.5 Å². The van der Waals surface area contributed by atoms with E-state index in [9.17, 15) is 4.79 Å². The quantitative estimate of drug-likeness (QED) is 0.691. The zero-order valence-corrected chi connectivity index (χ0v) is 14.4. The monoisotopic (exact) mass is 323 g/mol. The van der Waals surface area contributed by atoms with Gasteiger partial charge in [-0.3, -0.25) is 0 Å². The van der Waals surface area contributed by atoms with E-state index < -0.39 is 0 Å². The van der Waals surface area contributed by atoms with Gasteiger partial charge in [0.25, 0.3) is 0 Å². The van der Waals surface area contributed by atoms with Gasteiger partial charge in [-0.25, -0.2) is 0 Å². The van der Waals surface area contributed by atoms with E-state index in [1.165, 1.54) is 18.4 Å². The lowest BCUT2D eigenvalue weighted by molar-refractivity contribution is -0.108. The zero-order valence-electron chi connectivity index (χ0n) is 14.4. The molecule has 0 bridgehead atoms. The molecular weight excluding hydrogens is 298 g/mol. The number of aldehydes is 1. The number of likely N-dealkylation sites (N-methyl/N-ethyl adjacent to an activating group) is 1. The number of ether oxygens (including phenoxy) is 1. The van der Waals surface area contributed by atoms with Crippen LogP contribution in [0.2, 0.25) is 0 Å². The fourth-order valence-electron chi connectivity index (χ4n) is 3.01. The Morgan fingerprint density at radius 3 is 2.46 bits per heavy atom. The predicted octanol–water partition coefficient (Wildman–Crippen LogP) is 3.84. The molecule has 0 aromatic heterocycles. The summed E-state index contributed by atoms with van der Waals surface area (Å²) in [5, 5.41) is 0. The Bertz CT molecular complexity index is 674. The van der Waals surface area contributed by atoms with Gasteiger partial charge in [-0.1, -0.05) is 36.4 Å². The molecule has 0 unspecified atom stereocenters. The van der Waals surface area contributed by atoms with Gasteiger partial charge in [-0.15, -0.1) is 0 Å². The van der Waals surface area contributed by atoms with E-state index in [2.05, 4.69) is 23.1 Å². The summed E-state index contributed by atoms with van der Waals surface area (Å²) in [4.78, 5) is 13.9. The minimum atomic E-state index is -0.197. The van der Waals surface area contributed by atoms with Gasteiger partial charge >= 0.3 is 0 Å². The second-order valence-electron chi connectivity index (χ2n) is 6.74. The molecule has 0 heterocycles. The summed E-state index contributed by atoms with van der Waals surface area (Å²) in [5.41, 5.74) is 3.51. The van der Waals surface area contributed by atoms with Crippen molar-refractivity contribution < 1.29 is 9.53 Å². The van der Waals surface area contributed by atoms with Crippen molar-refractivity contribution in [3.8, 4) is 5.75 Å². The largest absolute Gasteiger partial charge is 0.492 e. The number of hydrogen-bond acceptors (Lipinski definition) is 3. The highest BCUT2D eigenvalue weighted by Gasteiger charge is 2.28. The highest BCUT2D eigenvalue weighted by molar-refractivity contribution is 5.69. The van der Waals surface area contributed by atoms with Crippen LogP contribution in [0.4, 0.5) is 0 Å². The molecule has 3 heteroatoms. The van der Waals surface area contributed by atoms with Crippen LogP contribution in [0.15, 0.2) is 48.5 Å². The summed E-state index contributed by atoms with van der Waals surface area (Å²) in [5.74, 6) is 1.29. The van der Waals surface area contributed by atoms with E-state index in [0.717, 1.165) is 29.7 Å². The number of rotatable bonds is 8. The third-order valence-corrected chi connectivity index (χ3v) is 4.53. The molecule has 126 valence electrons. The third-order valence-electron chi connectivity index (χ3n) is 4.53. The van der Waals surface area contributed by atoms with E-state index in [4.69, 9.17) is 4.74 Å². The summed E-state index contributed by atoms with van der Waals surface area (Å²) in [6, 6.07) is 16.3. The Morgan fingerprint density at radius 1 is 1.12 bits per heavy atom. The molecule has 1 aliphatic carbocycles. The molecule has 1 atom stereocenters.